The number of hydrogen-bond acceptors (Lipinski definition) is 5. The van der Waals surface area contributed by atoms with Crippen LogP contribution in [0.5, 0.6) is 0 Å². The number of para-hydroxylation sites is 2. The molecule has 2 heterocycles. The van der Waals surface area contributed by atoms with Crippen LogP contribution in [0.1, 0.15) is 33.0 Å². The molecule has 1 aromatic carbocycles. The number of tetrazole rings is 1. The van der Waals surface area contributed by atoms with Gasteiger partial charge >= 0.3 is 0 Å². The fraction of sp³-hybridized carbons (Fsp3) is 0.522. The fourth-order valence-electron chi connectivity index (χ4n) is 4.79. The van der Waals surface area contributed by atoms with Gasteiger partial charge in [0.25, 0.3) is 0 Å². The Morgan fingerprint density at radius 3 is 2.81 bits per heavy atom. The van der Waals surface area contributed by atoms with Gasteiger partial charge in [-0.2, -0.15) is 0 Å². The summed E-state index contributed by atoms with van der Waals surface area (Å²) in [5, 5.41) is 14.0. The number of amides is 1. The van der Waals surface area contributed by atoms with Gasteiger partial charge in [0.1, 0.15) is 18.7 Å². The van der Waals surface area contributed by atoms with Crippen LogP contribution in [0, 0.1) is 23.7 Å². The highest BCUT2D eigenvalue weighted by atomic mass is 16.2. The maximum atomic E-state index is 12.3. The van der Waals surface area contributed by atoms with E-state index < -0.39 is 0 Å². The van der Waals surface area contributed by atoms with Gasteiger partial charge in [0.2, 0.25) is 5.91 Å². The van der Waals surface area contributed by atoms with E-state index in [2.05, 4.69) is 77.5 Å². The maximum Gasteiger partial charge on any atom is 0.241 e. The first-order valence-corrected chi connectivity index (χ1v) is 11.0. The van der Waals surface area contributed by atoms with E-state index in [1.54, 1.807) is 0 Å². The largest absolute Gasteiger partial charge is 0.354 e. The molecule has 0 fully saturated rings. The number of carbonyl (C=O) groups excluding carboxylic acids is 1. The first-order valence-electron chi connectivity index (χ1n) is 11.0. The van der Waals surface area contributed by atoms with Crippen molar-refractivity contribution in [2.75, 3.05) is 6.54 Å². The van der Waals surface area contributed by atoms with E-state index in [-0.39, 0.29) is 12.5 Å². The van der Waals surface area contributed by atoms with E-state index in [9.17, 15) is 4.79 Å². The third kappa shape index (κ3) is 4.68. The Morgan fingerprint density at radius 1 is 1.29 bits per heavy atom. The summed E-state index contributed by atoms with van der Waals surface area (Å²) in [4.78, 5) is 17.2. The Labute approximate surface area is 182 Å². The average Bonchev–Trinajstić information content (AvgIpc) is 3.36. The lowest BCUT2D eigenvalue weighted by atomic mass is 9.69. The van der Waals surface area contributed by atoms with Crippen LogP contribution in [0.15, 0.2) is 42.2 Å². The van der Waals surface area contributed by atoms with E-state index in [0.717, 1.165) is 24.2 Å². The average molecular weight is 422 g/mol. The molecule has 1 aliphatic rings. The molecule has 3 atom stereocenters. The maximum absolute atomic E-state index is 12.3. The standard InChI is InChI=1S/C23H31N7O/c1-15(2)19-10-17(11-22-26-20-7-5-6-8-21(20)29(22)4)16(3)9-18(19)12-24-23(31)13-30-14-25-27-28-30/h5-9,14-15,17-19H,10-13H2,1-4H3,(H,24,31). The highest BCUT2D eigenvalue weighted by Gasteiger charge is 2.32. The van der Waals surface area contributed by atoms with Gasteiger partial charge in [-0.05, 0) is 59.6 Å². The molecule has 8 heteroatoms. The monoisotopic (exact) mass is 421 g/mol. The topological polar surface area (TPSA) is 90.5 Å². The Kier molecular flexibility index (Phi) is 6.15. The van der Waals surface area contributed by atoms with Crippen molar-refractivity contribution in [1.29, 1.82) is 0 Å². The Morgan fingerprint density at radius 2 is 2.10 bits per heavy atom. The molecular weight excluding hydrogens is 390 g/mol. The molecule has 3 unspecified atom stereocenters. The van der Waals surface area contributed by atoms with Crippen LogP contribution in [0.3, 0.4) is 0 Å². The molecule has 0 spiro atoms. The molecule has 8 nitrogen and oxygen atoms in total. The van der Waals surface area contributed by atoms with Crippen molar-refractivity contribution in [3.8, 4) is 0 Å². The zero-order valence-electron chi connectivity index (χ0n) is 18.7. The van der Waals surface area contributed by atoms with Crippen LogP contribution in [0.4, 0.5) is 0 Å². The number of fused-ring (bicyclic) bond motifs is 1. The number of carbonyl (C=O) groups is 1. The van der Waals surface area contributed by atoms with E-state index in [0.29, 0.717) is 30.2 Å². The summed E-state index contributed by atoms with van der Waals surface area (Å²) in [6.45, 7) is 7.56. The van der Waals surface area contributed by atoms with Crippen molar-refractivity contribution in [3.63, 3.8) is 0 Å². The Balaban J connectivity index is 1.45. The lowest BCUT2D eigenvalue weighted by Crippen LogP contribution is -2.38. The van der Waals surface area contributed by atoms with Crippen molar-refractivity contribution in [3.05, 3.63) is 48.1 Å². The first kappa shape index (κ1) is 21.2. The third-order valence-corrected chi connectivity index (χ3v) is 6.62. The molecule has 0 aliphatic heterocycles. The molecule has 1 amide bonds. The van der Waals surface area contributed by atoms with Crippen LogP contribution >= 0.6 is 0 Å². The SMILES string of the molecule is CC1=CC(CNC(=O)Cn2cnnn2)C(C(C)C)CC1Cc1nc2ccccc2n1C. The molecule has 0 saturated heterocycles. The van der Waals surface area contributed by atoms with E-state index in [4.69, 9.17) is 4.98 Å². The molecule has 1 aliphatic carbocycles. The minimum absolute atomic E-state index is 0.0670. The van der Waals surface area contributed by atoms with Gasteiger partial charge in [0, 0.05) is 20.0 Å². The molecule has 0 bridgehead atoms. The molecule has 4 rings (SSSR count). The Bertz CT molecular complexity index is 1070. The molecular formula is C23H31N7O. The highest BCUT2D eigenvalue weighted by Crippen LogP contribution is 2.38. The van der Waals surface area contributed by atoms with E-state index >= 15 is 0 Å². The van der Waals surface area contributed by atoms with Gasteiger partial charge < -0.3 is 9.88 Å². The second kappa shape index (κ2) is 8.99. The summed E-state index contributed by atoms with van der Waals surface area (Å²) in [5.41, 5.74) is 3.63. The van der Waals surface area contributed by atoms with Crippen LogP contribution in [0.2, 0.25) is 0 Å². The lowest BCUT2D eigenvalue weighted by Gasteiger charge is -2.37. The molecule has 0 radical (unpaired) electrons. The second-order valence-corrected chi connectivity index (χ2v) is 9.01. The number of benzene rings is 1. The number of aryl methyl sites for hydroxylation is 1. The number of rotatable bonds is 7. The summed E-state index contributed by atoms with van der Waals surface area (Å²) < 4.78 is 3.66. The fourth-order valence-corrected chi connectivity index (χ4v) is 4.79. The lowest BCUT2D eigenvalue weighted by molar-refractivity contribution is -0.122. The minimum atomic E-state index is -0.0670. The summed E-state index contributed by atoms with van der Waals surface area (Å²) in [7, 11) is 2.11. The summed E-state index contributed by atoms with van der Waals surface area (Å²) in [6.07, 6.45) is 5.87. The van der Waals surface area contributed by atoms with Crippen molar-refractivity contribution in [1.82, 2.24) is 35.1 Å². The third-order valence-electron chi connectivity index (χ3n) is 6.62. The summed E-state index contributed by atoms with van der Waals surface area (Å²) in [5.74, 6) is 2.91. The number of allylic oxidation sites excluding steroid dienone is 1. The van der Waals surface area contributed by atoms with Crippen LogP contribution < -0.4 is 5.32 Å². The quantitative estimate of drug-likeness (QED) is 0.593. The van der Waals surface area contributed by atoms with Gasteiger partial charge in [0.05, 0.1) is 11.0 Å². The van der Waals surface area contributed by atoms with Gasteiger partial charge in [-0.3, -0.25) is 4.79 Å². The second-order valence-electron chi connectivity index (χ2n) is 9.01. The van der Waals surface area contributed by atoms with Crippen molar-refractivity contribution < 1.29 is 4.79 Å². The van der Waals surface area contributed by atoms with Crippen LogP contribution in [-0.4, -0.2) is 42.2 Å². The van der Waals surface area contributed by atoms with Crippen molar-refractivity contribution >= 4 is 16.9 Å². The predicted molar refractivity (Wildman–Crippen MR) is 119 cm³/mol. The van der Waals surface area contributed by atoms with Gasteiger partial charge in [-0.25, -0.2) is 9.67 Å². The number of aromatic nitrogens is 6. The first-order chi connectivity index (χ1) is 14.9. The molecule has 164 valence electrons. The molecule has 2 aromatic heterocycles. The van der Waals surface area contributed by atoms with Crippen molar-refractivity contribution in [2.24, 2.45) is 30.7 Å². The highest BCUT2D eigenvalue weighted by molar-refractivity contribution is 5.76. The molecule has 31 heavy (non-hydrogen) atoms. The number of nitrogens with zero attached hydrogens (tertiary/aromatic N) is 6. The predicted octanol–water partition coefficient (Wildman–Crippen LogP) is 2.77. The number of imidazole rings is 1. The van der Waals surface area contributed by atoms with E-state index in [1.807, 2.05) is 6.07 Å². The van der Waals surface area contributed by atoms with Gasteiger partial charge in [-0.15, -0.1) is 5.10 Å². The van der Waals surface area contributed by atoms with E-state index in [1.165, 1.54) is 22.1 Å². The normalized spacial score (nSPS) is 21.5. The zero-order valence-corrected chi connectivity index (χ0v) is 18.7. The number of hydrogen-bond donors (Lipinski definition) is 1. The van der Waals surface area contributed by atoms with Gasteiger partial charge in [0.15, 0.2) is 0 Å². The smallest absolute Gasteiger partial charge is 0.241 e. The minimum Gasteiger partial charge on any atom is -0.354 e. The van der Waals surface area contributed by atoms with Crippen LogP contribution in [0.25, 0.3) is 11.0 Å². The molecule has 0 saturated carbocycles. The molecule has 3 aromatic rings. The summed E-state index contributed by atoms with van der Waals surface area (Å²) in [6, 6.07) is 8.30. The number of nitrogens with one attached hydrogen (secondary N) is 1. The van der Waals surface area contributed by atoms with Crippen LogP contribution in [-0.2, 0) is 24.8 Å². The van der Waals surface area contributed by atoms with Gasteiger partial charge in [-0.1, -0.05) is 37.6 Å². The Hall–Kier alpha value is -3.03. The van der Waals surface area contributed by atoms with Crippen molar-refractivity contribution in [2.45, 2.75) is 40.2 Å². The molecule has 1 N–H and O–H groups in total. The summed E-state index contributed by atoms with van der Waals surface area (Å²) >= 11 is 0. The zero-order chi connectivity index (χ0) is 22.0.